The molecule has 1 aromatic rings. The first-order valence-electron chi connectivity index (χ1n) is 7.65. The molecule has 4 nitrogen and oxygen atoms in total. The van der Waals surface area contributed by atoms with E-state index in [0.717, 1.165) is 18.8 Å². The van der Waals surface area contributed by atoms with Crippen LogP contribution in [0.5, 0.6) is 5.75 Å². The van der Waals surface area contributed by atoms with Gasteiger partial charge in [-0.3, -0.25) is 4.90 Å². The van der Waals surface area contributed by atoms with Gasteiger partial charge in [-0.25, -0.2) is 0 Å². The van der Waals surface area contributed by atoms with Gasteiger partial charge in [0.1, 0.15) is 5.75 Å². The third-order valence-electron chi connectivity index (χ3n) is 4.66. The number of nitrogens with one attached hydrogen (secondary N) is 1. The topological polar surface area (TPSA) is 27.7 Å². The average Bonchev–Trinajstić information content (AvgIpc) is 2.54. The summed E-state index contributed by atoms with van der Waals surface area (Å²) in [5.74, 6) is 0.960. The molecule has 0 saturated carbocycles. The monoisotopic (exact) mass is 275 g/mol. The number of nitrogens with zero attached hydrogens (tertiary/aromatic N) is 2. The highest BCUT2D eigenvalue weighted by atomic mass is 16.5. The van der Waals surface area contributed by atoms with E-state index in [-0.39, 0.29) is 0 Å². The second-order valence-electron chi connectivity index (χ2n) is 5.68. The summed E-state index contributed by atoms with van der Waals surface area (Å²) in [6.07, 6.45) is 0. The maximum atomic E-state index is 5.34. The standard InChI is InChI=1S/C16H25N3O/c1-3-18-6-8-19(9-7-18)16-12-17-11-13-10-14(20-2)4-5-15(13)16/h4-5,10,16-17H,3,6-9,11-12H2,1-2H3/t16-/m0/s1. The van der Waals surface area contributed by atoms with Crippen molar-refractivity contribution >= 4 is 0 Å². The minimum Gasteiger partial charge on any atom is -0.497 e. The normalized spacial score (nSPS) is 24.4. The molecule has 0 amide bonds. The Morgan fingerprint density at radius 3 is 2.75 bits per heavy atom. The maximum Gasteiger partial charge on any atom is 0.119 e. The van der Waals surface area contributed by atoms with Crippen LogP contribution in [0.1, 0.15) is 24.1 Å². The molecule has 1 N–H and O–H groups in total. The van der Waals surface area contributed by atoms with E-state index in [1.54, 1.807) is 7.11 Å². The molecule has 0 aromatic heterocycles. The van der Waals surface area contributed by atoms with E-state index in [0.29, 0.717) is 6.04 Å². The van der Waals surface area contributed by atoms with Crippen molar-refractivity contribution < 1.29 is 4.74 Å². The molecule has 0 spiro atoms. The number of fused-ring (bicyclic) bond motifs is 1. The Morgan fingerprint density at radius 1 is 1.25 bits per heavy atom. The Hall–Kier alpha value is -1.10. The summed E-state index contributed by atoms with van der Waals surface area (Å²) in [6, 6.07) is 7.05. The molecule has 2 aliphatic rings. The van der Waals surface area contributed by atoms with Crippen LogP contribution in [0.25, 0.3) is 0 Å². The summed E-state index contributed by atoms with van der Waals surface area (Å²) < 4.78 is 5.34. The Balaban J connectivity index is 1.76. The number of rotatable bonds is 3. The Labute approximate surface area is 121 Å². The molecular weight excluding hydrogens is 250 g/mol. The maximum absolute atomic E-state index is 5.34. The van der Waals surface area contributed by atoms with Gasteiger partial charge in [0.15, 0.2) is 0 Å². The predicted molar refractivity (Wildman–Crippen MR) is 81.1 cm³/mol. The molecule has 1 aromatic carbocycles. The zero-order chi connectivity index (χ0) is 13.9. The quantitative estimate of drug-likeness (QED) is 0.904. The highest BCUT2D eigenvalue weighted by Gasteiger charge is 2.28. The van der Waals surface area contributed by atoms with E-state index in [2.05, 4.69) is 40.2 Å². The fourth-order valence-corrected chi connectivity index (χ4v) is 3.36. The van der Waals surface area contributed by atoms with Gasteiger partial charge in [-0.15, -0.1) is 0 Å². The van der Waals surface area contributed by atoms with Crippen molar-refractivity contribution in [1.82, 2.24) is 15.1 Å². The van der Waals surface area contributed by atoms with E-state index < -0.39 is 0 Å². The highest BCUT2D eigenvalue weighted by Crippen LogP contribution is 2.30. The van der Waals surface area contributed by atoms with Crippen molar-refractivity contribution in [3.05, 3.63) is 29.3 Å². The molecule has 0 bridgehead atoms. The first-order chi connectivity index (χ1) is 9.81. The fraction of sp³-hybridized carbons (Fsp3) is 0.625. The summed E-state index contributed by atoms with van der Waals surface area (Å²) in [7, 11) is 1.74. The molecule has 20 heavy (non-hydrogen) atoms. The van der Waals surface area contributed by atoms with Gasteiger partial charge >= 0.3 is 0 Å². The van der Waals surface area contributed by atoms with Crippen LogP contribution < -0.4 is 10.1 Å². The molecule has 2 heterocycles. The van der Waals surface area contributed by atoms with Gasteiger partial charge in [0.2, 0.25) is 0 Å². The largest absolute Gasteiger partial charge is 0.497 e. The first-order valence-corrected chi connectivity index (χ1v) is 7.65. The zero-order valence-corrected chi connectivity index (χ0v) is 12.6. The summed E-state index contributed by atoms with van der Waals surface area (Å²) in [5, 5.41) is 3.55. The molecule has 1 saturated heterocycles. The highest BCUT2D eigenvalue weighted by molar-refractivity contribution is 5.39. The van der Waals surface area contributed by atoms with Crippen LogP contribution in [0, 0.1) is 0 Å². The lowest BCUT2D eigenvalue weighted by Gasteiger charge is -2.41. The van der Waals surface area contributed by atoms with E-state index in [1.807, 2.05) is 0 Å². The molecule has 110 valence electrons. The molecule has 4 heteroatoms. The van der Waals surface area contributed by atoms with Crippen LogP contribution in [0.4, 0.5) is 0 Å². The fourth-order valence-electron chi connectivity index (χ4n) is 3.36. The third-order valence-corrected chi connectivity index (χ3v) is 4.66. The molecule has 3 rings (SSSR count). The van der Waals surface area contributed by atoms with Crippen LogP contribution in [0.2, 0.25) is 0 Å². The van der Waals surface area contributed by atoms with Gasteiger partial charge < -0.3 is 15.0 Å². The molecule has 0 unspecified atom stereocenters. The SMILES string of the molecule is CCN1CCN([C@H]2CNCc3cc(OC)ccc32)CC1. The number of likely N-dealkylation sites (N-methyl/N-ethyl adjacent to an activating group) is 1. The second kappa shape index (κ2) is 6.12. The molecule has 2 aliphatic heterocycles. The number of hydrogen-bond acceptors (Lipinski definition) is 4. The molecule has 1 atom stereocenters. The zero-order valence-electron chi connectivity index (χ0n) is 12.6. The van der Waals surface area contributed by atoms with Crippen molar-refractivity contribution in [3.63, 3.8) is 0 Å². The smallest absolute Gasteiger partial charge is 0.119 e. The number of ether oxygens (including phenoxy) is 1. The molecule has 0 radical (unpaired) electrons. The van der Waals surface area contributed by atoms with Crippen molar-refractivity contribution in [2.75, 3.05) is 46.4 Å². The van der Waals surface area contributed by atoms with Gasteiger partial charge in [-0.1, -0.05) is 13.0 Å². The van der Waals surface area contributed by atoms with E-state index >= 15 is 0 Å². The summed E-state index contributed by atoms with van der Waals surface area (Å²) in [4.78, 5) is 5.16. The number of hydrogen-bond donors (Lipinski definition) is 1. The number of benzene rings is 1. The summed E-state index contributed by atoms with van der Waals surface area (Å²) >= 11 is 0. The lowest BCUT2D eigenvalue weighted by Crippen LogP contribution is -2.50. The minimum absolute atomic E-state index is 0.517. The van der Waals surface area contributed by atoms with Crippen LogP contribution >= 0.6 is 0 Å². The van der Waals surface area contributed by atoms with Crippen molar-refractivity contribution in [2.24, 2.45) is 0 Å². The van der Waals surface area contributed by atoms with Crippen LogP contribution in [-0.2, 0) is 6.54 Å². The summed E-state index contributed by atoms with van der Waals surface area (Å²) in [6.45, 7) is 10.2. The Bertz CT molecular complexity index is 455. The number of piperazine rings is 1. The van der Waals surface area contributed by atoms with Gasteiger partial charge in [-0.05, 0) is 29.8 Å². The Morgan fingerprint density at radius 2 is 2.05 bits per heavy atom. The van der Waals surface area contributed by atoms with E-state index in [1.165, 1.54) is 43.9 Å². The van der Waals surface area contributed by atoms with E-state index in [9.17, 15) is 0 Å². The van der Waals surface area contributed by atoms with E-state index in [4.69, 9.17) is 4.74 Å². The second-order valence-corrected chi connectivity index (χ2v) is 5.68. The van der Waals surface area contributed by atoms with Crippen molar-refractivity contribution in [1.29, 1.82) is 0 Å². The van der Waals surface area contributed by atoms with Crippen LogP contribution in [0.15, 0.2) is 18.2 Å². The lowest BCUT2D eigenvalue weighted by atomic mass is 9.94. The lowest BCUT2D eigenvalue weighted by molar-refractivity contribution is 0.0949. The Kier molecular flexibility index (Phi) is 4.24. The average molecular weight is 275 g/mol. The minimum atomic E-state index is 0.517. The van der Waals surface area contributed by atoms with Gasteiger partial charge in [0.25, 0.3) is 0 Å². The molecule has 1 fully saturated rings. The number of methoxy groups -OCH3 is 1. The molecular formula is C16H25N3O. The van der Waals surface area contributed by atoms with Crippen molar-refractivity contribution in [3.8, 4) is 5.75 Å². The van der Waals surface area contributed by atoms with Gasteiger partial charge in [-0.2, -0.15) is 0 Å². The summed E-state index contributed by atoms with van der Waals surface area (Å²) in [5.41, 5.74) is 2.87. The molecule has 0 aliphatic carbocycles. The van der Waals surface area contributed by atoms with Crippen molar-refractivity contribution in [2.45, 2.75) is 19.5 Å². The van der Waals surface area contributed by atoms with Gasteiger partial charge in [0, 0.05) is 45.3 Å². The van der Waals surface area contributed by atoms with Gasteiger partial charge in [0.05, 0.1) is 7.11 Å². The van der Waals surface area contributed by atoms with Crippen LogP contribution in [0.3, 0.4) is 0 Å². The van der Waals surface area contributed by atoms with Crippen LogP contribution in [-0.4, -0.2) is 56.2 Å². The first kappa shape index (κ1) is 13.9. The predicted octanol–water partition coefficient (Wildman–Crippen LogP) is 1.48. The third kappa shape index (κ3) is 2.68.